The van der Waals surface area contributed by atoms with Gasteiger partial charge in [0.1, 0.15) is 16.5 Å². The van der Waals surface area contributed by atoms with Crippen LogP contribution in [0.5, 0.6) is 5.75 Å². The number of thiazole rings is 1. The Bertz CT molecular complexity index is 938. The van der Waals surface area contributed by atoms with Crippen LogP contribution in [-0.4, -0.2) is 43.0 Å². The summed E-state index contributed by atoms with van der Waals surface area (Å²) in [5.41, 5.74) is 2.52. The summed E-state index contributed by atoms with van der Waals surface area (Å²) in [5.74, 6) is -0.680. The first-order chi connectivity index (χ1) is 12.1. The molecule has 0 radical (unpaired) electrons. The van der Waals surface area contributed by atoms with Gasteiger partial charge in [-0.25, -0.2) is 14.9 Å². The first-order valence-corrected chi connectivity index (χ1v) is 8.30. The monoisotopic (exact) mass is 359 g/mol. The maximum atomic E-state index is 10.8. The van der Waals surface area contributed by atoms with Gasteiger partial charge in [0.15, 0.2) is 6.23 Å². The van der Waals surface area contributed by atoms with Crippen molar-refractivity contribution < 1.29 is 19.7 Å². The first kappa shape index (κ1) is 15.5. The van der Waals surface area contributed by atoms with Gasteiger partial charge in [-0.3, -0.25) is 0 Å². The minimum atomic E-state index is -1.25. The number of aromatic carboxylic acids is 1. The first-order valence-electron chi connectivity index (χ1n) is 7.42. The molecule has 10 heteroatoms. The fraction of sp³-hybridized carbons (Fsp3) is 0.200. The smallest absolute Gasteiger partial charge is 0.375 e. The topological polar surface area (TPSA) is 133 Å². The number of aromatic amines is 1. The summed E-state index contributed by atoms with van der Waals surface area (Å²) in [6.07, 6.45) is -0.263. The van der Waals surface area contributed by atoms with E-state index in [4.69, 9.17) is 9.84 Å². The zero-order chi connectivity index (χ0) is 17.4. The molecule has 3 heterocycles. The van der Waals surface area contributed by atoms with Crippen molar-refractivity contribution in [2.24, 2.45) is 0 Å². The highest BCUT2D eigenvalue weighted by molar-refractivity contribution is 7.13. The highest BCUT2D eigenvalue weighted by atomic mass is 32.1. The average molecular weight is 359 g/mol. The van der Waals surface area contributed by atoms with Gasteiger partial charge in [0.05, 0.1) is 6.61 Å². The summed E-state index contributed by atoms with van der Waals surface area (Å²) >= 11 is 1.40. The van der Waals surface area contributed by atoms with Crippen molar-refractivity contribution >= 4 is 23.3 Å². The van der Waals surface area contributed by atoms with Crippen LogP contribution in [0.2, 0.25) is 0 Å². The van der Waals surface area contributed by atoms with Crippen molar-refractivity contribution in [2.75, 3.05) is 11.9 Å². The van der Waals surface area contributed by atoms with Crippen molar-refractivity contribution in [2.45, 2.75) is 12.6 Å². The van der Waals surface area contributed by atoms with Crippen LogP contribution in [0.3, 0.4) is 0 Å². The zero-order valence-electron chi connectivity index (χ0n) is 12.8. The van der Waals surface area contributed by atoms with E-state index in [-0.39, 0.29) is 11.8 Å². The SMILES string of the molecule is O=C(O)c1n[nH]c(NC(O)c2csc(-c3ccc4c(c3)CCO4)n2)n1. The van der Waals surface area contributed by atoms with Crippen LogP contribution in [0.15, 0.2) is 23.6 Å². The number of hydrogen-bond donors (Lipinski definition) is 4. The van der Waals surface area contributed by atoms with E-state index in [1.807, 2.05) is 18.2 Å². The molecule has 0 saturated carbocycles. The van der Waals surface area contributed by atoms with Crippen LogP contribution in [0.25, 0.3) is 10.6 Å². The molecular weight excluding hydrogens is 346 g/mol. The Kier molecular flexibility index (Phi) is 3.82. The van der Waals surface area contributed by atoms with Crippen LogP contribution >= 0.6 is 11.3 Å². The fourth-order valence-electron chi connectivity index (χ4n) is 2.49. The molecular formula is C15H13N5O4S. The number of carboxylic acids is 1. The van der Waals surface area contributed by atoms with Gasteiger partial charge >= 0.3 is 5.97 Å². The van der Waals surface area contributed by atoms with Crippen LogP contribution in [0.1, 0.15) is 28.1 Å². The lowest BCUT2D eigenvalue weighted by molar-refractivity contribution is 0.0684. The molecule has 1 atom stereocenters. The van der Waals surface area contributed by atoms with Crippen LogP contribution in [-0.2, 0) is 6.42 Å². The lowest BCUT2D eigenvalue weighted by Crippen LogP contribution is -2.11. The molecule has 4 N–H and O–H groups in total. The van der Waals surface area contributed by atoms with Gasteiger partial charge < -0.3 is 20.3 Å². The third-order valence-corrected chi connectivity index (χ3v) is 4.60. The minimum Gasteiger partial charge on any atom is -0.493 e. The van der Waals surface area contributed by atoms with E-state index in [0.29, 0.717) is 12.3 Å². The third-order valence-electron chi connectivity index (χ3n) is 3.69. The quantitative estimate of drug-likeness (QED) is 0.506. The van der Waals surface area contributed by atoms with Crippen molar-refractivity contribution in [1.82, 2.24) is 20.2 Å². The van der Waals surface area contributed by atoms with Gasteiger partial charge in [0.2, 0.25) is 5.95 Å². The number of rotatable bonds is 5. The van der Waals surface area contributed by atoms with E-state index >= 15 is 0 Å². The Morgan fingerprint density at radius 1 is 1.40 bits per heavy atom. The van der Waals surface area contributed by atoms with Crippen molar-refractivity contribution in [3.8, 4) is 16.3 Å². The molecule has 1 unspecified atom stereocenters. The van der Waals surface area contributed by atoms with E-state index in [1.54, 1.807) is 5.38 Å². The second-order valence-corrected chi connectivity index (χ2v) is 6.22. The average Bonchev–Trinajstić information content (AvgIpc) is 3.33. The number of fused-ring (bicyclic) bond motifs is 1. The van der Waals surface area contributed by atoms with Gasteiger partial charge in [-0.2, -0.15) is 4.98 Å². The van der Waals surface area contributed by atoms with Crippen molar-refractivity contribution in [3.05, 3.63) is 40.7 Å². The number of aliphatic hydroxyl groups excluding tert-OH is 1. The molecule has 1 aliphatic rings. The maximum Gasteiger partial charge on any atom is 0.375 e. The molecule has 3 aromatic rings. The van der Waals surface area contributed by atoms with E-state index in [1.165, 1.54) is 11.3 Å². The van der Waals surface area contributed by atoms with Gasteiger partial charge in [0, 0.05) is 17.4 Å². The van der Waals surface area contributed by atoms with Crippen molar-refractivity contribution in [3.63, 3.8) is 0 Å². The van der Waals surface area contributed by atoms with Gasteiger partial charge in [-0.1, -0.05) is 0 Å². The number of anilines is 1. The number of ether oxygens (including phenoxy) is 1. The normalized spacial score (nSPS) is 14.0. The third kappa shape index (κ3) is 3.04. The number of carbonyl (C=O) groups is 1. The fourth-order valence-corrected chi connectivity index (χ4v) is 3.32. The van der Waals surface area contributed by atoms with Gasteiger partial charge in [0.25, 0.3) is 5.82 Å². The van der Waals surface area contributed by atoms with E-state index in [2.05, 4.69) is 25.5 Å². The molecule has 0 amide bonds. The van der Waals surface area contributed by atoms with Crippen LogP contribution in [0, 0.1) is 0 Å². The number of aromatic nitrogens is 4. The summed E-state index contributed by atoms with van der Waals surface area (Å²) in [6.45, 7) is 0.694. The predicted molar refractivity (Wildman–Crippen MR) is 88.7 cm³/mol. The largest absolute Gasteiger partial charge is 0.493 e. The number of hydrogen-bond acceptors (Lipinski definition) is 8. The van der Waals surface area contributed by atoms with E-state index < -0.39 is 12.2 Å². The summed E-state index contributed by atoms with van der Waals surface area (Å²) in [5, 5.41) is 30.0. The Morgan fingerprint density at radius 2 is 2.28 bits per heavy atom. The summed E-state index contributed by atoms with van der Waals surface area (Å²) in [7, 11) is 0. The zero-order valence-corrected chi connectivity index (χ0v) is 13.6. The molecule has 25 heavy (non-hydrogen) atoms. The molecule has 0 aliphatic carbocycles. The molecule has 9 nitrogen and oxygen atoms in total. The second-order valence-electron chi connectivity index (χ2n) is 5.36. The Morgan fingerprint density at radius 3 is 3.08 bits per heavy atom. The second kappa shape index (κ2) is 6.15. The molecule has 0 bridgehead atoms. The number of benzene rings is 1. The number of aliphatic hydroxyl groups is 1. The molecule has 0 spiro atoms. The van der Waals surface area contributed by atoms with Gasteiger partial charge in [-0.05, 0) is 23.8 Å². The minimum absolute atomic E-state index is 0.0501. The number of nitrogens with one attached hydrogen (secondary N) is 2. The summed E-state index contributed by atoms with van der Waals surface area (Å²) in [6, 6.07) is 5.90. The Hall–Kier alpha value is -2.98. The maximum absolute atomic E-state index is 10.8. The molecule has 1 aromatic carbocycles. The number of H-pyrrole nitrogens is 1. The van der Waals surface area contributed by atoms with Gasteiger partial charge in [-0.15, -0.1) is 16.4 Å². The highest BCUT2D eigenvalue weighted by Crippen LogP contribution is 2.32. The molecule has 4 rings (SSSR count). The van der Waals surface area contributed by atoms with Crippen LogP contribution in [0.4, 0.5) is 5.95 Å². The Labute approximate surface area is 145 Å². The standard InChI is InChI=1S/C15H13N5O4S/c21-12(18-15-17-11(14(22)23)19-20-15)9-6-25-13(16-9)8-1-2-10-7(5-8)3-4-24-10/h1-2,5-6,12,21H,3-4H2,(H,22,23)(H2,17,18,19,20). The van der Waals surface area contributed by atoms with E-state index in [9.17, 15) is 9.90 Å². The van der Waals surface area contributed by atoms with Crippen LogP contribution < -0.4 is 10.1 Å². The summed E-state index contributed by atoms with van der Waals surface area (Å²) in [4.78, 5) is 18.9. The lowest BCUT2D eigenvalue weighted by Gasteiger charge is -2.08. The van der Waals surface area contributed by atoms with E-state index in [0.717, 1.165) is 28.3 Å². The molecule has 128 valence electrons. The number of nitrogens with zero attached hydrogens (tertiary/aromatic N) is 3. The van der Waals surface area contributed by atoms with Crippen molar-refractivity contribution in [1.29, 1.82) is 0 Å². The predicted octanol–water partition coefficient (Wildman–Crippen LogP) is 1.66. The molecule has 0 saturated heterocycles. The lowest BCUT2D eigenvalue weighted by atomic mass is 10.1. The Balaban J connectivity index is 1.51. The molecule has 1 aliphatic heterocycles. The molecule has 0 fully saturated rings. The summed E-state index contributed by atoms with van der Waals surface area (Å²) < 4.78 is 5.49. The highest BCUT2D eigenvalue weighted by Gasteiger charge is 2.18. The number of carboxylic acid groups (broad SMARTS) is 1. The molecule has 2 aromatic heterocycles.